The predicted octanol–water partition coefficient (Wildman–Crippen LogP) is 2.18. The van der Waals surface area contributed by atoms with Crippen LogP contribution in [-0.2, 0) is 10.8 Å². The summed E-state index contributed by atoms with van der Waals surface area (Å²) in [6.07, 6.45) is 0.0914. The van der Waals surface area contributed by atoms with Gasteiger partial charge in [0.25, 0.3) is 0 Å². The van der Waals surface area contributed by atoms with Crippen molar-refractivity contribution in [3.05, 3.63) is 71.8 Å². The normalized spacial score (nSPS) is 39.6. The summed E-state index contributed by atoms with van der Waals surface area (Å²) in [5, 5.41) is 70.4. The number of unbranched alkanes of at least 4 members (excludes halogenated alkanes) is 2. The maximum Gasteiger partial charge on any atom is 0.141 e. The minimum atomic E-state index is -2.32. The minimum absolute atomic E-state index is 0.218. The molecule has 0 aliphatic heterocycles. The molecule has 0 heterocycles. The summed E-state index contributed by atoms with van der Waals surface area (Å²) in [6.45, 7) is 3.16. The molecular weight excluding hydrogens is 432 g/mol. The van der Waals surface area contributed by atoms with Crippen LogP contribution in [0.25, 0.3) is 0 Å². The second kappa shape index (κ2) is 8.70. The zero-order valence-corrected chi connectivity index (χ0v) is 20.1. The molecule has 186 valence electrons. The van der Waals surface area contributed by atoms with E-state index in [2.05, 4.69) is 0 Å². The van der Waals surface area contributed by atoms with Crippen molar-refractivity contribution in [2.45, 2.75) is 92.2 Å². The second-order valence-corrected chi connectivity index (χ2v) is 10.2. The molecule has 6 N–H and O–H groups in total. The third kappa shape index (κ3) is 2.51. The lowest BCUT2D eigenvalue weighted by atomic mass is 9.19. The number of benzene rings is 2. The average Bonchev–Trinajstić information content (AvgIpc) is 2.88. The van der Waals surface area contributed by atoms with Crippen molar-refractivity contribution >= 4 is 0 Å². The standard InChI is InChI=1S/C28H38O6/c1-3-5-17-24(20-13-9-7-10-14-20)23(31)27(33)25(18-6-4-2,21-15-11-8-12-16-21)26(32,22(30)19-29)28(24,27)34/h7-16,22-23,29-34H,3-6,17-19H2,1-2H3/t22-,23?,24?,25?,26+,27-,28+/m1/s1. The van der Waals surface area contributed by atoms with Crippen LogP contribution in [0.5, 0.6) is 0 Å². The van der Waals surface area contributed by atoms with E-state index in [9.17, 15) is 30.6 Å². The molecular formula is C28H38O6. The molecule has 6 nitrogen and oxygen atoms in total. The quantitative estimate of drug-likeness (QED) is 0.317. The van der Waals surface area contributed by atoms with E-state index in [0.717, 1.165) is 12.8 Å². The van der Waals surface area contributed by atoms with E-state index in [1.54, 1.807) is 54.6 Å². The number of aliphatic hydroxyl groups excluding tert-OH is 3. The van der Waals surface area contributed by atoms with Gasteiger partial charge in [0, 0.05) is 0 Å². The largest absolute Gasteiger partial charge is 0.394 e. The monoisotopic (exact) mass is 470 g/mol. The van der Waals surface area contributed by atoms with Gasteiger partial charge in [-0.15, -0.1) is 0 Å². The van der Waals surface area contributed by atoms with Crippen LogP contribution in [0, 0.1) is 0 Å². The Kier molecular flexibility index (Phi) is 6.47. The Bertz CT molecular complexity index is 983. The molecule has 0 saturated heterocycles. The van der Waals surface area contributed by atoms with E-state index in [4.69, 9.17) is 0 Å². The number of aliphatic hydroxyl groups is 6. The van der Waals surface area contributed by atoms with Crippen molar-refractivity contribution < 1.29 is 30.6 Å². The highest BCUT2D eigenvalue weighted by Crippen LogP contribution is 2.82. The van der Waals surface area contributed by atoms with E-state index in [0.29, 0.717) is 30.4 Å². The maximum atomic E-state index is 12.5. The van der Waals surface area contributed by atoms with Gasteiger partial charge in [-0.1, -0.05) is 100 Å². The summed E-state index contributed by atoms with van der Waals surface area (Å²) >= 11 is 0. The fourth-order valence-corrected chi connectivity index (χ4v) is 7.53. The van der Waals surface area contributed by atoms with E-state index in [1.165, 1.54) is 0 Å². The molecule has 0 amide bonds. The fraction of sp³-hybridized carbons (Fsp3) is 0.571. The summed E-state index contributed by atoms with van der Waals surface area (Å²) in [4.78, 5) is 0. The Morgan fingerprint density at radius 2 is 1.29 bits per heavy atom. The number of hydrogen-bond donors (Lipinski definition) is 6. The van der Waals surface area contributed by atoms with Gasteiger partial charge in [-0.25, -0.2) is 0 Å². The topological polar surface area (TPSA) is 121 Å². The molecule has 0 aromatic heterocycles. The first-order valence-corrected chi connectivity index (χ1v) is 12.5. The molecule has 6 heteroatoms. The van der Waals surface area contributed by atoms with Gasteiger partial charge < -0.3 is 30.6 Å². The maximum absolute atomic E-state index is 12.5. The lowest BCUT2D eigenvalue weighted by Crippen LogP contribution is -3.10. The van der Waals surface area contributed by atoms with E-state index < -0.39 is 46.4 Å². The molecule has 34 heavy (non-hydrogen) atoms. The van der Waals surface area contributed by atoms with Crippen molar-refractivity contribution in [1.82, 2.24) is 0 Å². The molecule has 2 aromatic rings. The van der Waals surface area contributed by atoms with Crippen molar-refractivity contribution in [3.63, 3.8) is 0 Å². The summed E-state index contributed by atoms with van der Waals surface area (Å²) in [5.41, 5.74) is -8.65. The first kappa shape index (κ1) is 25.3. The van der Waals surface area contributed by atoms with Crippen LogP contribution in [0.1, 0.15) is 63.5 Å². The van der Waals surface area contributed by atoms with Crippen LogP contribution in [0.15, 0.2) is 60.7 Å². The second-order valence-electron chi connectivity index (χ2n) is 10.2. The van der Waals surface area contributed by atoms with Gasteiger partial charge in [-0.3, -0.25) is 0 Å². The third-order valence-electron chi connectivity index (χ3n) is 8.95. The van der Waals surface area contributed by atoms with Gasteiger partial charge in [0.1, 0.15) is 22.9 Å². The minimum Gasteiger partial charge on any atom is -0.394 e. The molecule has 3 unspecified atom stereocenters. The Labute approximate surface area is 201 Å². The van der Waals surface area contributed by atoms with Crippen LogP contribution in [0.4, 0.5) is 0 Å². The fourth-order valence-electron chi connectivity index (χ4n) is 7.53. The van der Waals surface area contributed by atoms with E-state index in [-0.39, 0.29) is 6.42 Å². The van der Waals surface area contributed by atoms with Crippen LogP contribution < -0.4 is 0 Å². The Balaban J connectivity index is 2.03. The zero-order valence-electron chi connectivity index (χ0n) is 20.1. The lowest BCUT2D eigenvalue weighted by Gasteiger charge is -2.89. The third-order valence-corrected chi connectivity index (χ3v) is 8.95. The number of hydrogen-bond acceptors (Lipinski definition) is 6. The average molecular weight is 471 g/mol. The highest BCUT2D eigenvalue weighted by Gasteiger charge is 3.02. The Morgan fingerprint density at radius 1 is 0.794 bits per heavy atom. The molecule has 2 aliphatic carbocycles. The molecule has 4 rings (SSSR count). The molecule has 0 radical (unpaired) electrons. The van der Waals surface area contributed by atoms with Crippen LogP contribution >= 0.6 is 0 Å². The smallest absolute Gasteiger partial charge is 0.141 e. The Hall–Kier alpha value is -1.80. The van der Waals surface area contributed by atoms with E-state index in [1.807, 2.05) is 19.9 Å². The van der Waals surface area contributed by atoms with Gasteiger partial charge >= 0.3 is 0 Å². The van der Waals surface area contributed by atoms with Crippen molar-refractivity contribution in [1.29, 1.82) is 0 Å². The van der Waals surface area contributed by atoms with Gasteiger partial charge in [-0.05, 0) is 24.0 Å². The summed E-state index contributed by atoms with van der Waals surface area (Å²) < 4.78 is 0. The van der Waals surface area contributed by atoms with E-state index >= 15 is 0 Å². The first-order chi connectivity index (χ1) is 16.2. The summed E-state index contributed by atoms with van der Waals surface area (Å²) in [5.74, 6) is 0. The van der Waals surface area contributed by atoms with Crippen LogP contribution in [0.2, 0.25) is 0 Å². The molecule has 2 saturated carbocycles. The number of rotatable bonds is 10. The van der Waals surface area contributed by atoms with Crippen molar-refractivity contribution in [2.24, 2.45) is 0 Å². The highest BCUT2D eigenvalue weighted by atomic mass is 16.5. The molecule has 0 spiro atoms. The molecule has 2 aliphatic rings. The highest BCUT2D eigenvalue weighted by molar-refractivity contribution is 5.64. The molecule has 7 atom stereocenters. The van der Waals surface area contributed by atoms with Gasteiger partial charge in [-0.2, -0.15) is 0 Å². The van der Waals surface area contributed by atoms with Gasteiger partial charge in [0.2, 0.25) is 0 Å². The molecule has 2 fully saturated rings. The summed E-state index contributed by atoms with van der Waals surface area (Å²) in [7, 11) is 0. The lowest BCUT2D eigenvalue weighted by molar-refractivity contribution is -0.515. The SMILES string of the molecule is CCCCC1(c2ccccc2)C(O)[C@@]2(O)C(CCCC)(c3ccccc3)[C@@](O)([C@H](O)CO)[C@@]12O. The zero-order chi connectivity index (χ0) is 24.8. The first-order valence-electron chi connectivity index (χ1n) is 12.5. The predicted molar refractivity (Wildman–Crippen MR) is 129 cm³/mol. The van der Waals surface area contributed by atoms with Gasteiger partial charge in [0.15, 0.2) is 0 Å². The Morgan fingerprint density at radius 3 is 1.79 bits per heavy atom. The summed E-state index contributed by atoms with van der Waals surface area (Å²) in [6, 6.07) is 17.8. The molecule has 0 bridgehead atoms. The van der Waals surface area contributed by atoms with Crippen LogP contribution in [-0.4, -0.2) is 66.3 Å². The molecule has 2 aromatic carbocycles. The van der Waals surface area contributed by atoms with Crippen LogP contribution in [0.3, 0.4) is 0 Å². The van der Waals surface area contributed by atoms with Gasteiger partial charge in [0.05, 0.1) is 23.5 Å². The number of fused-ring (bicyclic) bond motifs is 1. The van der Waals surface area contributed by atoms with Crippen molar-refractivity contribution in [3.8, 4) is 0 Å². The van der Waals surface area contributed by atoms with Crippen molar-refractivity contribution in [2.75, 3.05) is 6.61 Å².